The molecule has 224 valence electrons. The molecule has 11 nitrogen and oxygen atoms in total. The van der Waals surface area contributed by atoms with Crippen molar-refractivity contribution in [3.05, 3.63) is 39.7 Å². The molecule has 41 heavy (non-hydrogen) atoms. The molecule has 11 heteroatoms. The molecule has 0 spiro atoms. The van der Waals surface area contributed by atoms with E-state index < -0.39 is 58.0 Å². The first-order valence-electron chi connectivity index (χ1n) is 14.1. The number of aromatic hydroxyl groups is 1. The van der Waals surface area contributed by atoms with Crippen LogP contribution < -0.4 is 16.0 Å². The Labute approximate surface area is 240 Å². The number of hydrogen-bond acceptors (Lipinski definition) is 10. The molecule has 1 aromatic carbocycles. The lowest BCUT2D eigenvalue weighted by molar-refractivity contribution is -0.153. The molecule has 2 unspecified atom stereocenters. The van der Waals surface area contributed by atoms with Crippen LogP contribution in [0.15, 0.2) is 23.0 Å². The molecule has 1 aromatic rings. The molecule has 4 atom stereocenters. The van der Waals surface area contributed by atoms with Gasteiger partial charge in [-0.25, -0.2) is 0 Å². The third-order valence-electron chi connectivity index (χ3n) is 9.16. The van der Waals surface area contributed by atoms with Crippen LogP contribution in [0.2, 0.25) is 0 Å². The quantitative estimate of drug-likeness (QED) is 0.239. The van der Waals surface area contributed by atoms with Crippen molar-refractivity contribution in [3.8, 4) is 5.75 Å². The summed E-state index contributed by atoms with van der Waals surface area (Å²) in [4.78, 5) is 42.8. The van der Waals surface area contributed by atoms with E-state index in [9.17, 15) is 34.8 Å². The van der Waals surface area contributed by atoms with Gasteiger partial charge in [-0.15, -0.1) is 0 Å². The molecule has 0 radical (unpaired) electrons. The van der Waals surface area contributed by atoms with Crippen LogP contribution in [0.25, 0.3) is 5.76 Å². The summed E-state index contributed by atoms with van der Waals surface area (Å²) in [6, 6.07) is 0.756. The Morgan fingerprint density at radius 1 is 1.15 bits per heavy atom. The highest BCUT2D eigenvalue weighted by Crippen LogP contribution is 2.54. The van der Waals surface area contributed by atoms with Gasteiger partial charge in [0.25, 0.3) is 5.91 Å². The number of nitrogens with zero attached hydrogens (tertiary/aromatic N) is 2. The van der Waals surface area contributed by atoms with Gasteiger partial charge in [0.1, 0.15) is 22.8 Å². The van der Waals surface area contributed by atoms with Crippen LogP contribution in [-0.4, -0.2) is 89.2 Å². The van der Waals surface area contributed by atoms with Crippen LogP contribution >= 0.6 is 0 Å². The van der Waals surface area contributed by atoms with E-state index in [1.165, 1.54) is 4.90 Å². The van der Waals surface area contributed by atoms with Gasteiger partial charge in [0.15, 0.2) is 11.4 Å². The highest BCUT2D eigenvalue weighted by atomic mass is 16.3. The number of phenolic OH excluding ortho intramolecular Hbond substituents is 1. The lowest BCUT2D eigenvalue weighted by Gasteiger charge is -2.50. The van der Waals surface area contributed by atoms with Crippen LogP contribution in [0.1, 0.15) is 49.8 Å². The monoisotopic (exact) mass is 570 g/mol. The van der Waals surface area contributed by atoms with E-state index in [0.717, 1.165) is 25.1 Å². The molecule has 0 aromatic heterocycles. The third-order valence-corrected chi connectivity index (χ3v) is 9.16. The number of ketones is 2. The lowest BCUT2D eigenvalue weighted by atomic mass is 9.57. The van der Waals surface area contributed by atoms with Crippen LogP contribution in [0, 0.1) is 17.8 Å². The summed E-state index contributed by atoms with van der Waals surface area (Å²) in [6.45, 7) is 5.33. The number of primary amides is 1. The highest BCUT2D eigenvalue weighted by molar-refractivity contribution is 6.24. The summed E-state index contributed by atoms with van der Waals surface area (Å²) >= 11 is 0. The van der Waals surface area contributed by atoms with Gasteiger partial charge in [0, 0.05) is 43.4 Å². The van der Waals surface area contributed by atoms with Gasteiger partial charge in [0.2, 0.25) is 5.78 Å². The van der Waals surface area contributed by atoms with E-state index >= 15 is 0 Å². The zero-order valence-corrected chi connectivity index (χ0v) is 24.6. The lowest BCUT2D eigenvalue weighted by Crippen LogP contribution is -2.65. The first-order chi connectivity index (χ1) is 19.2. The smallest absolute Gasteiger partial charge is 0.255 e. The molecule has 3 aliphatic rings. The van der Waals surface area contributed by atoms with Crippen molar-refractivity contribution in [1.29, 1.82) is 0 Å². The Hall–Kier alpha value is -3.41. The maximum atomic E-state index is 14.1. The number of hydrogen-bond donors (Lipinski definition) is 6. The van der Waals surface area contributed by atoms with E-state index in [2.05, 4.69) is 19.2 Å². The van der Waals surface area contributed by atoms with Gasteiger partial charge in [-0.1, -0.05) is 26.7 Å². The van der Waals surface area contributed by atoms with Crippen molar-refractivity contribution < 1.29 is 34.8 Å². The topological polar surface area (TPSA) is 177 Å². The second-order valence-electron chi connectivity index (χ2n) is 11.9. The van der Waals surface area contributed by atoms with Gasteiger partial charge in [0.05, 0.1) is 11.6 Å². The standard InChI is InChI=1S/C30H42N4O7/c1-7-14(8-2)12-32-13-16-11-19(33(3)4)17-9-15-10-18-23(34(5)6)26(37)22(29(31)40)28(39)30(18,41)27(38)20(15)25(36)21(17)24(16)35/h11,14-15,18,23,32,35-36,39,41H,7-10,12-13H2,1-6H3,(H2,31,40)/t15?,18-,23?,30-/m0/s1. The molecule has 4 rings (SSSR count). The number of Topliss-reactive ketones (excluding diaryl/α,β-unsaturated/α-hetero) is 2. The van der Waals surface area contributed by atoms with E-state index in [1.54, 1.807) is 14.1 Å². The van der Waals surface area contributed by atoms with Crippen molar-refractivity contribution in [2.75, 3.05) is 39.6 Å². The van der Waals surface area contributed by atoms with Gasteiger partial charge in [-0.3, -0.25) is 19.3 Å². The van der Waals surface area contributed by atoms with Gasteiger partial charge in [-0.2, -0.15) is 0 Å². The molecule has 0 aliphatic heterocycles. The number of aliphatic hydroxyl groups is 3. The van der Waals surface area contributed by atoms with E-state index in [1.807, 2.05) is 25.1 Å². The number of aliphatic hydroxyl groups excluding tert-OH is 2. The van der Waals surface area contributed by atoms with Crippen molar-refractivity contribution in [2.24, 2.45) is 23.5 Å². The number of likely N-dealkylation sites (N-methyl/N-ethyl adjacent to an activating group) is 1. The summed E-state index contributed by atoms with van der Waals surface area (Å²) < 4.78 is 0. The van der Waals surface area contributed by atoms with Crippen molar-refractivity contribution >= 4 is 28.9 Å². The highest BCUT2D eigenvalue weighted by Gasteiger charge is 2.64. The Morgan fingerprint density at radius 2 is 1.78 bits per heavy atom. The largest absolute Gasteiger partial charge is 0.508 e. The molecular formula is C30H42N4O7. The van der Waals surface area contributed by atoms with Gasteiger partial charge < -0.3 is 36.4 Å². The molecule has 7 N–H and O–H groups in total. The Morgan fingerprint density at radius 3 is 2.32 bits per heavy atom. The van der Waals surface area contributed by atoms with Crippen LogP contribution in [-0.2, 0) is 27.3 Å². The fourth-order valence-corrected chi connectivity index (χ4v) is 6.87. The maximum Gasteiger partial charge on any atom is 0.255 e. The first kappa shape index (κ1) is 30.5. The van der Waals surface area contributed by atoms with Gasteiger partial charge >= 0.3 is 0 Å². The molecular weight excluding hydrogens is 528 g/mol. The Kier molecular flexibility index (Phi) is 8.28. The molecule has 0 heterocycles. The number of amides is 1. The summed E-state index contributed by atoms with van der Waals surface area (Å²) in [7, 11) is 6.86. The second kappa shape index (κ2) is 11.1. The third kappa shape index (κ3) is 4.69. The molecule has 1 saturated carbocycles. The minimum atomic E-state index is -2.65. The first-order valence-corrected chi connectivity index (χ1v) is 14.1. The van der Waals surface area contributed by atoms with E-state index in [0.29, 0.717) is 23.6 Å². The van der Waals surface area contributed by atoms with Crippen LogP contribution in [0.4, 0.5) is 5.69 Å². The summed E-state index contributed by atoms with van der Waals surface area (Å²) in [5.41, 5.74) is 3.81. The summed E-state index contributed by atoms with van der Waals surface area (Å²) in [6.07, 6.45) is 2.33. The summed E-state index contributed by atoms with van der Waals surface area (Å²) in [5, 5.41) is 49.2. The molecule has 3 aliphatic carbocycles. The Bertz CT molecular complexity index is 1340. The fourth-order valence-electron chi connectivity index (χ4n) is 6.87. The zero-order chi connectivity index (χ0) is 30.5. The normalized spacial score (nSPS) is 25.9. The molecule has 0 bridgehead atoms. The number of carbonyl (C=O) groups is 3. The number of nitrogens with two attached hydrogens (primary N) is 1. The minimum Gasteiger partial charge on any atom is -0.508 e. The minimum absolute atomic E-state index is 0.0537. The maximum absolute atomic E-state index is 14.1. The summed E-state index contributed by atoms with van der Waals surface area (Å²) in [5.74, 6) is -6.03. The zero-order valence-electron chi connectivity index (χ0n) is 24.6. The van der Waals surface area contributed by atoms with Gasteiger partial charge in [-0.05, 0) is 56.9 Å². The predicted molar refractivity (Wildman–Crippen MR) is 154 cm³/mol. The number of phenols is 1. The number of carbonyl (C=O) groups excluding carboxylic acids is 3. The SMILES string of the molecule is CCC(CC)CNCc1cc(N(C)C)c2c(c1O)C(O)=C1C(=O)[C@]3(O)C(O)=C(C(N)=O)C(=O)C(N(C)C)[C@@H]3CC1C2. The van der Waals surface area contributed by atoms with Crippen molar-refractivity contribution in [1.82, 2.24) is 10.2 Å². The second-order valence-corrected chi connectivity index (χ2v) is 11.9. The van der Waals surface area contributed by atoms with Crippen molar-refractivity contribution in [3.63, 3.8) is 0 Å². The number of anilines is 1. The van der Waals surface area contributed by atoms with E-state index in [4.69, 9.17) is 5.73 Å². The van der Waals surface area contributed by atoms with E-state index in [-0.39, 0.29) is 29.7 Å². The average molecular weight is 571 g/mol. The van der Waals surface area contributed by atoms with Crippen LogP contribution in [0.3, 0.4) is 0 Å². The fraction of sp³-hybridized carbons (Fsp3) is 0.567. The number of benzene rings is 1. The average Bonchev–Trinajstić information content (AvgIpc) is 2.89. The predicted octanol–water partition coefficient (Wildman–Crippen LogP) is 1.56. The number of nitrogens with one attached hydrogen (secondary N) is 1. The molecule has 0 saturated heterocycles. The molecule has 1 amide bonds. The number of fused-ring (bicyclic) bond motifs is 3. The Balaban J connectivity index is 1.88. The molecule has 1 fully saturated rings. The van der Waals surface area contributed by atoms with Crippen molar-refractivity contribution in [2.45, 2.75) is 57.7 Å². The van der Waals surface area contributed by atoms with Crippen LogP contribution in [0.5, 0.6) is 5.75 Å². The number of rotatable bonds is 9.